The Hall–Kier alpha value is -1.39. The number of pyridine rings is 1. The minimum atomic E-state index is -0.773. The third-order valence-electron chi connectivity index (χ3n) is 2.33. The van der Waals surface area contributed by atoms with E-state index in [-0.39, 0.29) is 17.8 Å². The first-order valence-electron chi connectivity index (χ1n) is 5.85. The molecule has 0 aliphatic carbocycles. The van der Waals surface area contributed by atoms with Gasteiger partial charge in [-0.3, -0.25) is 0 Å². The molecule has 0 saturated heterocycles. The molecular formula is C12H18F2N2O. The summed E-state index contributed by atoms with van der Waals surface area (Å²) in [5.41, 5.74) is 0. The fraction of sp³-hybridized carbons (Fsp3) is 0.583. The van der Waals surface area contributed by atoms with Gasteiger partial charge in [-0.2, -0.15) is 4.98 Å². The van der Waals surface area contributed by atoms with Crippen molar-refractivity contribution in [3.8, 4) is 5.88 Å². The molecule has 1 N–H and O–H groups in total. The lowest BCUT2D eigenvalue weighted by Crippen LogP contribution is -2.14. The van der Waals surface area contributed by atoms with Gasteiger partial charge in [0.1, 0.15) is 0 Å². The normalized spacial score (nSPS) is 12.3. The van der Waals surface area contributed by atoms with E-state index in [4.69, 9.17) is 4.74 Å². The van der Waals surface area contributed by atoms with Crippen LogP contribution in [-0.2, 0) is 0 Å². The lowest BCUT2D eigenvalue weighted by molar-refractivity contribution is 0.198. The second kappa shape index (κ2) is 6.37. The van der Waals surface area contributed by atoms with Crippen LogP contribution in [0.5, 0.6) is 5.88 Å². The average molecular weight is 244 g/mol. The first kappa shape index (κ1) is 13.7. The van der Waals surface area contributed by atoms with Crippen LogP contribution >= 0.6 is 0 Å². The average Bonchev–Trinajstić information content (AvgIpc) is 2.30. The number of hydrogen-bond donors (Lipinski definition) is 1. The molecule has 1 aromatic rings. The molecule has 0 saturated carbocycles. The Morgan fingerprint density at radius 3 is 2.65 bits per heavy atom. The molecule has 17 heavy (non-hydrogen) atoms. The number of hydrogen-bond acceptors (Lipinski definition) is 3. The van der Waals surface area contributed by atoms with Crippen LogP contribution in [0.1, 0.15) is 33.6 Å². The maximum Gasteiger partial charge on any atom is 0.252 e. The van der Waals surface area contributed by atoms with Crippen LogP contribution in [-0.4, -0.2) is 17.6 Å². The molecule has 0 aromatic carbocycles. The number of ether oxygens (including phenoxy) is 1. The lowest BCUT2D eigenvalue weighted by atomic mass is 10.3. The molecule has 0 aliphatic heterocycles. The van der Waals surface area contributed by atoms with E-state index >= 15 is 0 Å². The molecule has 1 heterocycles. The van der Waals surface area contributed by atoms with Crippen LogP contribution in [0.4, 0.5) is 14.6 Å². The maximum atomic E-state index is 13.4. The molecule has 0 radical (unpaired) electrons. The molecule has 0 amide bonds. The topological polar surface area (TPSA) is 34.2 Å². The quantitative estimate of drug-likeness (QED) is 0.833. The van der Waals surface area contributed by atoms with Crippen LogP contribution in [0.25, 0.3) is 0 Å². The first-order chi connectivity index (χ1) is 8.08. The Morgan fingerprint density at radius 2 is 2.06 bits per heavy atom. The second-order valence-electron chi connectivity index (χ2n) is 3.87. The van der Waals surface area contributed by atoms with Crippen molar-refractivity contribution in [1.82, 2.24) is 4.98 Å². The monoisotopic (exact) mass is 244 g/mol. The largest absolute Gasteiger partial charge is 0.473 e. The summed E-state index contributed by atoms with van der Waals surface area (Å²) in [5.74, 6) is -1.59. The van der Waals surface area contributed by atoms with E-state index < -0.39 is 11.6 Å². The highest BCUT2D eigenvalue weighted by atomic mass is 19.1. The molecule has 1 unspecified atom stereocenters. The molecule has 1 rings (SSSR count). The summed E-state index contributed by atoms with van der Waals surface area (Å²) in [4.78, 5) is 3.81. The van der Waals surface area contributed by atoms with Gasteiger partial charge in [-0.05, 0) is 19.8 Å². The van der Waals surface area contributed by atoms with E-state index in [1.54, 1.807) is 0 Å². The van der Waals surface area contributed by atoms with Gasteiger partial charge in [-0.1, -0.05) is 13.8 Å². The summed E-state index contributed by atoms with van der Waals surface area (Å²) >= 11 is 0. The van der Waals surface area contributed by atoms with Crippen LogP contribution in [0.15, 0.2) is 6.07 Å². The smallest absolute Gasteiger partial charge is 0.252 e. The third-order valence-corrected chi connectivity index (χ3v) is 2.33. The van der Waals surface area contributed by atoms with E-state index in [0.29, 0.717) is 6.54 Å². The molecular weight excluding hydrogens is 226 g/mol. The molecule has 96 valence electrons. The van der Waals surface area contributed by atoms with Gasteiger partial charge in [0.05, 0.1) is 6.10 Å². The van der Waals surface area contributed by atoms with E-state index in [0.717, 1.165) is 18.9 Å². The molecule has 0 spiro atoms. The van der Waals surface area contributed by atoms with E-state index in [2.05, 4.69) is 10.3 Å². The van der Waals surface area contributed by atoms with Crippen LogP contribution in [0.2, 0.25) is 0 Å². The maximum absolute atomic E-state index is 13.4. The van der Waals surface area contributed by atoms with E-state index in [9.17, 15) is 8.78 Å². The van der Waals surface area contributed by atoms with Crippen LogP contribution in [0.3, 0.4) is 0 Å². The standard InChI is InChI=1S/C12H18F2N2O/c1-4-6-15-11-9(13)7-10(14)12(16-11)17-8(3)5-2/h7-8H,4-6H2,1-3H3,(H,15,16). The zero-order valence-electron chi connectivity index (χ0n) is 10.4. The molecule has 1 aromatic heterocycles. The van der Waals surface area contributed by atoms with Crippen molar-refractivity contribution in [2.45, 2.75) is 39.7 Å². The van der Waals surface area contributed by atoms with E-state index in [1.807, 2.05) is 20.8 Å². The third kappa shape index (κ3) is 3.84. The van der Waals surface area contributed by atoms with Crippen molar-refractivity contribution in [3.63, 3.8) is 0 Å². The highest BCUT2D eigenvalue weighted by molar-refractivity contribution is 5.39. The number of nitrogens with zero attached hydrogens (tertiary/aromatic N) is 1. The molecule has 1 atom stereocenters. The Kier molecular flexibility index (Phi) is 5.12. The van der Waals surface area contributed by atoms with Crippen molar-refractivity contribution >= 4 is 5.82 Å². The predicted molar refractivity (Wildman–Crippen MR) is 63.3 cm³/mol. The van der Waals surface area contributed by atoms with Crippen molar-refractivity contribution in [2.75, 3.05) is 11.9 Å². The number of halogens is 2. The Bertz CT molecular complexity index is 372. The Balaban J connectivity index is 2.89. The number of rotatable bonds is 6. The summed E-state index contributed by atoms with van der Waals surface area (Å²) in [6.07, 6.45) is 1.41. The first-order valence-corrected chi connectivity index (χ1v) is 5.85. The molecule has 0 aliphatic rings. The van der Waals surface area contributed by atoms with Gasteiger partial charge >= 0.3 is 0 Å². The number of nitrogens with one attached hydrogen (secondary N) is 1. The van der Waals surface area contributed by atoms with Crippen LogP contribution in [0, 0.1) is 11.6 Å². The molecule has 0 bridgehead atoms. The molecule has 3 nitrogen and oxygen atoms in total. The van der Waals surface area contributed by atoms with Crippen molar-refractivity contribution in [2.24, 2.45) is 0 Å². The van der Waals surface area contributed by atoms with Crippen molar-refractivity contribution in [1.29, 1.82) is 0 Å². The lowest BCUT2D eigenvalue weighted by Gasteiger charge is -2.14. The van der Waals surface area contributed by atoms with E-state index in [1.165, 1.54) is 0 Å². The zero-order valence-corrected chi connectivity index (χ0v) is 10.4. The Morgan fingerprint density at radius 1 is 1.35 bits per heavy atom. The Labute approximate surface area is 100 Å². The summed E-state index contributed by atoms with van der Waals surface area (Å²) in [7, 11) is 0. The molecule has 0 fully saturated rings. The summed E-state index contributed by atoms with van der Waals surface area (Å²) in [5, 5.41) is 2.79. The summed E-state index contributed by atoms with van der Waals surface area (Å²) < 4.78 is 32.0. The number of aromatic nitrogens is 1. The fourth-order valence-corrected chi connectivity index (χ4v) is 1.17. The predicted octanol–water partition coefficient (Wildman–Crippen LogP) is 3.36. The van der Waals surface area contributed by atoms with Gasteiger partial charge in [0.25, 0.3) is 5.88 Å². The van der Waals surface area contributed by atoms with Gasteiger partial charge in [-0.15, -0.1) is 0 Å². The van der Waals surface area contributed by atoms with Crippen molar-refractivity contribution in [3.05, 3.63) is 17.7 Å². The highest BCUT2D eigenvalue weighted by Gasteiger charge is 2.14. The van der Waals surface area contributed by atoms with Gasteiger partial charge in [0, 0.05) is 12.6 Å². The van der Waals surface area contributed by atoms with Crippen molar-refractivity contribution < 1.29 is 13.5 Å². The zero-order chi connectivity index (χ0) is 12.8. The minimum absolute atomic E-state index is 0.0338. The molecule has 5 heteroatoms. The van der Waals surface area contributed by atoms with Gasteiger partial charge < -0.3 is 10.1 Å². The van der Waals surface area contributed by atoms with Gasteiger partial charge in [0.2, 0.25) is 0 Å². The van der Waals surface area contributed by atoms with Crippen LogP contribution < -0.4 is 10.1 Å². The fourth-order valence-electron chi connectivity index (χ4n) is 1.17. The second-order valence-corrected chi connectivity index (χ2v) is 3.87. The summed E-state index contributed by atoms with van der Waals surface area (Å²) in [6, 6.07) is 0.794. The minimum Gasteiger partial charge on any atom is -0.473 e. The number of anilines is 1. The highest BCUT2D eigenvalue weighted by Crippen LogP contribution is 2.22. The van der Waals surface area contributed by atoms with Gasteiger partial charge in [0.15, 0.2) is 17.5 Å². The SMILES string of the molecule is CCCNc1nc(OC(C)CC)c(F)cc1F. The van der Waals surface area contributed by atoms with Gasteiger partial charge in [-0.25, -0.2) is 8.78 Å². The summed E-state index contributed by atoms with van der Waals surface area (Å²) in [6.45, 7) is 6.26.